The van der Waals surface area contributed by atoms with Crippen molar-refractivity contribution in [3.63, 3.8) is 0 Å². The van der Waals surface area contributed by atoms with Gasteiger partial charge in [-0.25, -0.2) is 0 Å². The number of nitrogens with one attached hydrogen (secondary N) is 2. The fraction of sp³-hybridized carbons (Fsp3) is 0. The van der Waals surface area contributed by atoms with E-state index in [2.05, 4.69) is 10.3 Å². The average Bonchev–Trinajstić information content (AvgIpc) is 2.59. The Morgan fingerprint density at radius 1 is 1.00 bits per heavy atom. The number of rotatable bonds is 4. The van der Waals surface area contributed by atoms with Crippen LogP contribution in [0.1, 0.15) is 10.4 Å². The van der Waals surface area contributed by atoms with Crippen LogP contribution in [0.5, 0.6) is 11.5 Å². The van der Waals surface area contributed by atoms with Crippen LogP contribution in [0.3, 0.4) is 0 Å². The summed E-state index contributed by atoms with van der Waals surface area (Å²) >= 11 is 6.05. The largest absolute Gasteiger partial charge is 0.456 e. The summed E-state index contributed by atoms with van der Waals surface area (Å²) in [4.78, 5) is 25.5. The Kier molecular flexibility index (Phi) is 4.63. The summed E-state index contributed by atoms with van der Waals surface area (Å²) in [5.41, 5.74) is 0.719. The standard InChI is InChI=1S/C18H13ClN2O3/c19-15-3-1-2-4-16(15)24-14-8-6-13(7-9-14)21-18(23)12-5-10-17(22)20-11-12/h1-11H,(H,20,22)(H,21,23). The van der Waals surface area contributed by atoms with Crippen molar-refractivity contribution in [2.24, 2.45) is 0 Å². The molecule has 0 aliphatic heterocycles. The molecule has 120 valence electrons. The quantitative estimate of drug-likeness (QED) is 0.752. The lowest BCUT2D eigenvalue weighted by atomic mass is 10.2. The fourth-order valence-electron chi connectivity index (χ4n) is 2.02. The number of aromatic amines is 1. The van der Waals surface area contributed by atoms with E-state index in [1.165, 1.54) is 18.3 Å². The zero-order valence-electron chi connectivity index (χ0n) is 12.5. The molecule has 0 saturated carbocycles. The summed E-state index contributed by atoms with van der Waals surface area (Å²) in [5, 5.41) is 3.26. The lowest BCUT2D eigenvalue weighted by Crippen LogP contribution is -2.14. The number of aromatic nitrogens is 1. The summed E-state index contributed by atoms with van der Waals surface area (Å²) in [6.07, 6.45) is 1.37. The van der Waals surface area contributed by atoms with Crippen molar-refractivity contribution >= 4 is 23.2 Å². The second-order valence-corrected chi connectivity index (χ2v) is 5.36. The number of H-pyrrole nitrogens is 1. The van der Waals surface area contributed by atoms with E-state index in [1.807, 2.05) is 12.1 Å². The molecule has 0 bridgehead atoms. The minimum absolute atomic E-state index is 0.257. The molecule has 3 rings (SSSR count). The minimum Gasteiger partial charge on any atom is -0.456 e. The Bertz CT molecular complexity index is 900. The topological polar surface area (TPSA) is 71.2 Å². The number of pyridine rings is 1. The Balaban J connectivity index is 1.68. The second kappa shape index (κ2) is 7.02. The molecule has 0 aliphatic rings. The van der Waals surface area contributed by atoms with Gasteiger partial charge in [-0.2, -0.15) is 0 Å². The Labute approximate surface area is 142 Å². The van der Waals surface area contributed by atoms with Gasteiger partial charge in [-0.15, -0.1) is 0 Å². The van der Waals surface area contributed by atoms with Gasteiger partial charge < -0.3 is 15.0 Å². The van der Waals surface area contributed by atoms with Crippen molar-refractivity contribution in [2.45, 2.75) is 0 Å². The Hall–Kier alpha value is -3.05. The van der Waals surface area contributed by atoms with Gasteiger partial charge in [0.05, 0.1) is 10.6 Å². The normalized spacial score (nSPS) is 10.2. The van der Waals surface area contributed by atoms with Crippen LogP contribution in [0.2, 0.25) is 5.02 Å². The molecule has 0 radical (unpaired) electrons. The number of anilines is 1. The Morgan fingerprint density at radius 2 is 1.75 bits per heavy atom. The molecule has 24 heavy (non-hydrogen) atoms. The van der Waals surface area contributed by atoms with Gasteiger partial charge in [-0.3, -0.25) is 9.59 Å². The number of carbonyl (C=O) groups excluding carboxylic acids is 1. The van der Waals surface area contributed by atoms with Gasteiger partial charge in [0.1, 0.15) is 11.5 Å². The van der Waals surface area contributed by atoms with E-state index >= 15 is 0 Å². The molecule has 5 nitrogen and oxygen atoms in total. The maximum Gasteiger partial charge on any atom is 0.257 e. The molecule has 1 amide bonds. The smallest absolute Gasteiger partial charge is 0.257 e. The third-order valence-corrected chi connectivity index (χ3v) is 3.54. The maximum absolute atomic E-state index is 12.1. The first-order valence-corrected chi connectivity index (χ1v) is 7.52. The minimum atomic E-state index is -0.314. The van der Waals surface area contributed by atoms with Gasteiger partial charge in [-0.1, -0.05) is 23.7 Å². The number of carbonyl (C=O) groups is 1. The molecule has 0 saturated heterocycles. The van der Waals surface area contributed by atoms with Gasteiger partial charge in [0.25, 0.3) is 5.91 Å². The molecule has 1 heterocycles. The number of halogens is 1. The number of ether oxygens (including phenoxy) is 1. The van der Waals surface area contributed by atoms with Crippen LogP contribution in [-0.2, 0) is 0 Å². The van der Waals surface area contributed by atoms with E-state index in [0.29, 0.717) is 27.8 Å². The SMILES string of the molecule is O=C(Nc1ccc(Oc2ccccc2Cl)cc1)c1ccc(=O)[nH]c1. The molecule has 0 aliphatic carbocycles. The molecular weight excluding hydrogens is 328 g/mol. The lowest BCUT2D eigenvalue weighted by molar-refractivity contribution is 0.102. The van der Waals surface area contributed by atoms with Gasteiger partial charge >= 0.3 is 0 Å². The molecular formula is C18H13ClN2O3. The predicted molar refractivity (Wildman–Crippen MR) is 93.0 cm³/mol. The van der Waals surface area contributed by atoms with E-state index in [1.54, 1.807) is 36.4 Å². The molecule has 2 aromatic carbocycles. The van der Waals surface area contributed by atoms with Crippen LogP contribution in [0.4, 0.5) is 5.69 Å². The number of amides is 1. The van der Waals surface area contributed by atoms with Crippen molar-refractivity contribution < 1.29 is 9.53 Å². The predicted octanol–water partition coefficient (Wildman–Crippen LogP) is 4.07. The van der Waals surface area contributed by atoms with Gasteiger partial charge in [0.2, 0.25) is 5.56 Å². The van der Waals surface area contributed by atoms with Gasteiger partial charge in [0, 0.05) is 18.0 Å². The number of hydrogen-bond acceptors (Lipinski definition) is 3. The van der Waals surface area contributed by atoms with Gasteiger partial charge in [-0.05, 0) is 42.5 Å². The van der Waals surface area contributed by atoms with Crippen molar-refractivity contribution in [1.29, 1.82) is 0 Å². The number of benzene rings is 2. The summed E-state index contributed by atoms with van der Waals surface area (Å²) < 4.78 is 5.68. The first-order chi connectivity index (χ1) is 11.6. The molecule has 0 atom stereocenters. The fourth-order valence-corrected chi connectivity index (χ4v) is 2.19. The van der Waals surface area contributed by atoms with E-state index in [-0.39, 0.29) is 11.5 Å². The number of hydrogen-bond donors (Lipinski definition) is 2. The highest BCUT2D eigenvalue weighted by Crippen LogP contribution is 2.29. The Morgan fingerprint density at radius 3 is 2.42 bits per heavy atom. The average molecular weight is 341 g/mol. The summed E-state index contributed by atoms with van der Waals surface area (Å²) in [7, 11) is 0. The van der Waals surface area contributed by atoms with Gasteiger partial charge in [0.15, 0.2) is 0 Å². The third kappa shape index (κ3) is 3.83. The zero-order chi connectivity index (χ0) is 16.9. The van der Waals surface area contributed by atoms with Crippen LogP contribution in [-0.4, -0.2) is 10.9 Å². The van der Waals surface area contributed by atoms with Crippen LogP contribution in [0.25, 0.3) is 0 Å². The summed E-state index contributed by atoms with van der Waals surface area (Å²) in [5.74, 6) is 0.848. The van der Waals surface area contributed by atoms with Crippen molar-refractivity contribution in [2.75, 3.05) is 5.32 Å². The molecule has 0 spiro atoms. The summed E-state index contributed by atoms with van der Waals surface area (Å²) in [6, 6.07) is 16.8. The first-order valence-electron chi connectivity index (χ1n) is 7.14. The van der Waals surface area contributed by atoms with Crippen LogP contribution in [0, 0.1) is 0 Å². The highest BCUT2D eigenvalue weighted by atomic mass is 35.5. The zero-order valence-corrected chi connectivity index (χ0v) is 13.2. The van der Waals surface area contributed by atoms with Crippen molar-refractivity contribution in [3.8, 4) is 11.5 Å². The molecule has 1 aromatic heterocycles. The van der Waals surface area contributed by atoms with Crippen LogP contribution in [0.15, 0.2) is 71.7 Å². The van der Waals surface area contributed by atoms with E-state index in [0.717, 1.165) is 0 Å². The van der Waals surface area contributed by atoms with Crippen molar-refractivity contribution in [1.82, 2.24) is 4.98 Å². The highest BCUT2D eigenvalue weighted by Gasteiger charge is 2.07. The van der Waals surface area contributed by atoms with Crippen LogP contribution < -0.4 is 15.6 Å². The van der Waals surface area contributed by atoms with E-state index in [4.69, 9.17) is 16.3 Å². The first kappa shape index (κ1) is 15.8. The van der Waals surface area contributed by atoms with E-state index in [9.17, 15) is 9.59 Å². The van der Waals surface area contributed by atoms with Crippen LogP contribution >= 0.6 is 11.6 Å². The second-order valence-electron chi connectivity index (χ2n) is 4.95. The monoisotopic (exact) mass is 340 g/mol. The lowest BCUT2D eigenvalue weighted by Gasteiger charge is -2.09. The van der Waals surface area contributed by atoms with E-state index < -0.39 is 0 Å². The number of para-hydroxylation sites is 1. The molecule has 2 N–H and O–H groups in total. The third-order valence-electron chi connectivity index (χ3n) is 3.22. The highest BCUT2D eigenvalue weighted by molar-refractivity contribution is 6.32. The summed E-state index contributed by atoms with van der Waals surface area (Å²) in [6.45, 7) is 0. The molecule has 0 fully saturated rings. The van der Waals surface area contributed by atoms with Crippen molar-refractivity contribution in [3.05, 3.63) is 87.8 Å². The molecule has 0 unspecified atom stereocenters. The molecule has 6 heteroatoms. The molecule has 3 aromatic rings. The maximum atomic E-state index is 12.1.